The predicted octanol–water partition coefficient (Wildman–Crippen LogP) is 4.10. The molecular weight excluding hydrogens is 352 g/mol. The molecule has 1 aromatic heterocycles. The maximum Gasteiger partial charge on any atom is 0.247 e. The van der Waals surface area contributed by atoms with E-state index in [-0.39, 0.29) is 17.9 Å². The number of pyridine rings is 1. The largest absolute Gasteiger partial charge is 0.493 e. The highest BCUT2D eigenvalue weighted by Gasteiger charge is 2.26. The lowest BCUT2D eigenvalue weighted by atomic mass is 9.87. The van der Waals surface area contributed by atoms with Crippen molar-refractivity contribution in [1.29, 1.82) is 0 Å². The number of carbonyl (C=O) groups excluding carboxylic acids is 1. The summed E-state index contributed by atoms with van der Waals surface area (Å²) in [6.07, 6.45) is 11.0. The topological polar surface area (TPSA) is 60.5 Å². The number of amides is 1. The molecule has 0 bridgehead atoms. The molecular formula is C23H26N2O3. The first-order chi connectivity index (χ1) is 13.7. The lowest BCUT2D eigenvalue weighted by molar-refractivity contribution is -0.118. The van der Waals surface area contributed by atoms with Gasteiger partial charge < -0.3 is 14.8 Å². The second-order valence-corrected chi connectivity index (χ2v) is 7.50. The van der Waals surface area contributed by atoms with Gasteiger partial charge in [0.1, 0.15) is 0 Å². The number of benzene rings is 1. The molecule has 1 aromatic carbocycles. The summed E-state index contributed by atoms with van der Waals surface area (Å²) < 4.78 is 11.7. The van der Waals surface area contributed by atoms with Crippen molar-refractivity contribution in [2.24, 2.45) is 0 Å². The van der Waals surface area contributed by atoms with Gasteiger partial charge in [0.15, 0.2) is 11.5 Å². The summed E-state index contributed by atoms with van der Waals surface area (Å²) in [5.41, 5.74) is 2.87. The monoisotopic (exact) mass is 378 g/mol. The van der Waals surface area contributed by atoms with Gasteiger partial charge in [0.25, 0.3) is 0 Å². The Bertz CT molecular complexity index is 857. The average Bonchev–Trinajstić information content (AvgIpc) is 3.23. The minimum Gasteiger partial charge on any atom is -0.493 e. The third kappa shape index (κ3) is 4.19. The van der Waals surface area contributed by atoms with Crippen LogP contribution in [0.4, 0.5) is 0 Å². The fourth-order valence-corrected chi connectivity index (χ4v) is 4.01. The smallest absolute Gasteiger partial charge is 0.247 e. The normalized spacial score (nSPS) is 21.5. The van der Waals surface area contributed by atoms with E-state index in [9.17, 15) is 4.79 Å². The molecule has 1 aliphatic carbocycles. The van der Waals surface area contributed by atoms with Crippen molar-refractivity contribution in [2.45, 2.75) is 44.1 Å². The van der Waals surface area contributed by atoms with Crippen LogP contribution in [0.3, 0.4) is 0 Å². The number of aromatic nitrogens is 1. The third-order valence-corrected chi connectivity index (χ3v) is 5.55. The van der Waals surface area contributed by atoms with Crippen LogP contribution in [0.15, 0.2) is 48.3 Å². The highest BCUT2D eigenvalue weighted by Crippen LogP contribution is 2.36. The lowest BCUT2D eigenvalue weighted by Gasteiger charge is -2.26. The van der Waals surface area contributed by atoms with E-state index in [1.165, 1.54) is 12.8 Å². The Balaban J connectivity index is 1.56. The standard InChI is InChI=1S/C23H26N2O3/c1-27-21-9-8-17(13-22(21)28-20-6-2-3-7-20)19-12-18(23(26)25-15-19)11-16-5-4-10-24-14-16/h4-5,8-11,13-14,19-20H,2-3,6-7,12,15H2,1H3,(H,25,26)/t19-/m1/s1. The Hall–Kier alpha value is -2.82. The molecule has 0 spiro atoms. The number of ether oxygens (including phenoxy) is 2. The second kappa shape index (κ2) is 8.46. The van der Waals surface area contributed by atoms with Gasteiger partial charge in [-0.2, -0.15) is 0 Å². The quantitative estimate of drug-likeness (QED) is 0.796. The van der Waals surface area contributed by atoms with E-state index in [1.807, 2.05) is 24.3 Å². The molecule has 1 amide bonds. The average molecular weight is 378 g/mol. The Morgan fingerprint density at radius 1 is 1.18 bits per heavy atom. The SMILES string of the molecule is COc1ccc([C@H]2CNC(=O)C(=Cc3cccnc3)C2)cc1OC1CCCC1. The summed E-state index contributed by atoms with van der Waals surface area (Å²) in [5, 5.41) is 3.02. The lowest BCUT2D eigenvalue weighted by Crippen LogP contribution is -2.35. The molecule has 2 heterocycles. The highest BCUT2D eigenvalue weighted by atomic mass is 16.5. The Kier molecular flexibility index (Phi) is 5.60. The Morgan fingerprint density at radius 3 is 2.79 bits per heavy atom. The molecule has 5 heteroatoms. The molecule has 28 heavy (non-hydrogen) atoms. The first kappa shape index (κ1) is 18.5. The molecule has 146 valence electrons. The molecule has 0 unspecified atom stereocenters. The zero-order chi connectivity index (χ0) is 19.3. The molecule has 4 rings (SSSR count). The predicted molar refractivity (Wildman–Crippen MR) is 108 cm³/mol. The van der Waals surface area contributed by atoms with Crippen LogP contribution >= 0.6 is 0 Å². The number of hydrogen-bond donors (Lipinski definition) is 1. The van der Waals surface area contributed by atoms with Crippen molar-refractivity contribution < 1.29 is 14.3 Å². The third-order valence-electron chi connectivity index (χ3n) is 5.55. The van der Waals surface area contributed by atoms with Crippen LogP contribution < -0.4 is 14.8 Å². The van der Waals surface area contributed by atoms with Crippen LogP contribution in [0, 0.1) is 0 Å². The van der Waals surface area contributed by atoms with Crippen LogP contribution in [-0.4, -0.2) is 30.6 Å². The van der Waals surface area contributed by atoms with E-state index >= 15 is 0 Å². The van der Waals surface area contributed by atoms with Gasteiger partial charge in [-0.1, -0.05) is 12.1 Å². The van der Waals surface area contributed by atoms with Gasteiger partial charge >= 0.3 is 0 Å². The number of nitrogens with one attached hydrogen (secondary N) is 1. The van der Waals surface area contributed by atoms with Gasteiger partial charge in [-0.25, -0.2) is 0 Å². The zero-order valence-corrected chi connectivity index (χ0v) is 16.2. The van der Waals surface area contributed by atoms with Crippen molar-refractivity contribution in [1.82, 2.24) is 10.3 Å². The highest BCUT2D eigenvalue weighted by molar-refractivity contribution is 5.98. The number of carbonyl (C=O) groups is 1. The van der Waals surface area contributed by atoms with E-state index in [0.717, 1.165) is 41.0 Å². The summed E-state index contributed by atoms with van der Waals surface area (Å²) in [4.78, 5) is 16.5. The Labute approximate surface area is 165 Å². The molecule has 1 atom stereocenters. The Morgan fingerprint density at radius 2 is 2.04 bits per heavy atom. The molecule has 2 aliphatic rings. The van der Waals surface area contributed by atoms with Crippen LogP contribution in [0.2, 0.25) is 0 Å². The van der Waals surface area contributed by atoms with Gasteiger partial charge in [0, 0.05) is 30.4 Å². The molecule has 2 aromatic rings. The van der Waals surface area contributed by atoms with Crippen molar-refractivity contribution in [3.05, 3.63) is 59.4 Å². The van der Waals surface area contributed by atoms with Gasteiger partial charge in [-0.15, -0.1) is 0 Å². The second-order valence-electron chi connectivity index (χ2n) is 7.50. The first-order valence-electron chi connectivity index (χ1n) is 9.96. The van der Waals surface area contributed by atoms with Crippen LogP contribution in [0.1, 0.15) is 49.1 Å². The molecule has 5 nitrogen and oxygen atoms in total. The van der Waals surface area contributed by atoms with E-state index in [1.54, 1.807) is 19.5 Å². The molecule has 2 fully saturated rings. The van der Waals surface area contributed by atoms with Gasteiger partial charge in [-0.3, -0.25) is 9.78 Å². The number of hydrogen-bond acceptors (Lipinski definition) is 4. The van der Waals surface area contributed by atoms with Gasteiger partial charge in [0.05, 0.1) is 13.2 Å². The van der Waals surface area contributed by atoms with Crippen molar-refractivity contribution in [3.8, 4) is 11.5 Å². The minimum absolute atomic E-state index is 0.00366. The number of rotatable bonds is 5. The van der Waals surface area contributed by atoms with Crippen LogP contribution in [-0.2, 0) is 4.79 Å². The summed E-state index contributed by atoms with van der Waals surface area (Å²) >= 11 is 0. The molecule has 0 radical (unpaired) electrons. The molecule has 1 N–H and O–H groups in total. The van der Waals surface area contributed by atoms with E-state index in [0.29, 0.717) is 13.0 Å². The van der Waals surface area contributed by atoms with E-state index < -0.39 is 0 Å². The van der Waals surface area contributed by atoms with E-state index in [4.69, 9.17) is 9.47 Å². The molecule has 1 aliphatic heterocycles. The van der Waals surface area contributed by atoms with Crippen molar-refractivity contribution in [2.75, 3.05) is 13.7 Å². The summed E-state index contributed by atoms with van der Waals surface area (Å²) in [6, 6.07) is 9.96. The fraction of sp³-hybridized carbons (Fsp3) is 0.391. The first-order valence-corrected chi connectivity index (χ1v) is 9.96. The van der Waals surface area contributed by atoms with E-state index in [2.05, 4.69) is 22.4 Å². The number of nitrogens with zero attached hydrogens (tertiary/aromatic N) is 1. The van der Waals surface area contributed by atoms with Crippen LogP contribution in [0.25, 0.3) is 6.08 Å². The van der Waals surface area contributed by atoms with Gasteiger partial charge in [0.2, 0.25) is 5.91 Å². The molecule has 1 saturated heterocycles. The summed E-state index contributed by atoms with van der Waals surface area (Å²) in [5.74, 6) is 1.77. The zero-order valence-electron chi connectivity index (χ0n) is 16.2. The number of methoxy groups -OCH3 is 1. The number of piperidine rings is 1. The maximum absolute atomic E-state index is 12.3. The van der Waals surface area contributed by atoms with Crippen molar-refractivity contribution in [3.63, 3.8) is 0 Å². The molecule has 1 saturated carbocycles. The van der Waals surface area contributed by atoms with Crippen LogP contribution in [0.5, 0.6) is 11.5 Å². The minimum atomic E-state index is -0.00366. The summed E-state index contributed by atoms with van der Waals surface area (Å²) in [7, 11) is 1.67. The fourth-order valence-electron chi connectivity index (χ4n) is 4.01. The van der Waals surface area contributed by atoms with Gasteiger partial charge in [-0.05, 0) is 67.5 Å². The maximum atomic E-state index is 12.3. The van der Waals surface area contributed by atoms with Crippen molar-refractivity contribution >= 4 is 12.0 Å². The summed E-state index contributed by atoms with van der Waals surface area (Å²) in [6.45, 7) is 0.623.